The van der Waals surface area contributed by atoms with E-state index in [1.165, 1.54) is 231 Å². The smallest absolute Gasteiger partial charge is 0.305 e. The first-order chi connectivity index (χ1) is 32.5. The van der Waals surface area contributed by atoms with E-state index in [1.54, 1.807) is 0 Å². The number of carbonyl (C=O) groups excluding carboxylic acids is 2. The molecule has 0 spiro atoms. The van der Waals surface area contributed by atoms with Gasteiger partial charge in [-0.25, -0.2) is 0 Å². The number of carbonyl (C=O) groups is 2. The molecule has 66 heavy (non-hydrogen) atoms. The maximum Gasteiger partial charge on any atom is 0.305 e. The average Bonchev–Trinajstić information content (AvgIpc) is 3.32. The maximum absolute atomic E-state index is 12.4. The van der Waals surface area contributed by atoms with Gasteiger partial charge >= 0.3 is 5.97 Å². The minimum absolute atomic E-state index is 0.0121. The summed E-state index contributed by atoms with van der Waals surface area (Å²) >= 11 is 0. The fraction of sp³-hybridized carbons (Fsp3) is 0.900. The van der Waals surface area contributed by atoms with Crippen LogP contribution in [-0.4, -0.2) is 47.4 Å². The van der Waals surface area contributed by atoms with Gasteiger partial charge in [0, 0.05) is 12.8 Å². The second-order valence-electron chi connectivity index (χ2n) is 20.3. The molecule has 0 rings (SSSR count). The molecule has 0 radical (unpaired) electrons. The first-order valence-corrected chi connectivity index (χ1v) is 29.6. The topological polar surface area (TPSA) is 95.9 Å². The molecule has 0 aliphatic heterocycles. The number of amides is 1. The van der Waals surface area contributed by atoms with Crippen molar-refractivity contribution in [1.82, 2.24) is 5.32 Å². The summed E-state index contributed by atoms with van der Waals surface area (Å²) in [5.41, 5.74) is 0. The number of hydrogen-bond acceptors (Lipinski definition) is 5. The number of unbranched alkanes of at least 4 members (excludes halogenated alkanes) is 40. The zero-order valence-corrected chi connectivity index (χ0v) is 44.4. The Kier molecular flexibility index (Phi) is 54.5. The molecule has 3 N–H and O–H groups in total. The molecule has 0 aromatic heterocycles. The Labute approximate surface area is 411 Å². The van der Waals surface area contributed by atoms with E-state index in [4.69, 9.17) is 4.74 Å². The van der Waals surface area contributed by atoms with E-state index in [2.05, 4.69) is 37.4 Å². The van der Waals surface area contributed by atoms with E-state index in [9.17, 15) is 19.8 Å². The Morgan fingerprint density at radius 2 is 0.773 bits per heavy atom. The summed E-state index contributed by atoms with van der Waals surface area (Å²) in [6, 6.07) is -0.585. The molecular formula is C60H115NO5. The summed E-state index contributed by atoms with van der Waals surface area (Å²) in [4.78, 5) is 24.5. The third-order valence-electron chi connectivity index (χ3n) is 13.8. The van der Waals surface area contributed by atoms with E-state index in [0.717, 1.165) is 51.4 Å². The summed E-state index contributed by atoms with van der Waals surface area (Å²) in [5, 5.41) is 23.2. The minimum Gasteiger partial charge on any atom is -0.466 e. The van der Waals surface area contributed by atoms with Crippen LogP contribution in [0.2, 0.25) is 0 Å². The lowest BCUT2D eigenvalue weighted by Gasteiger charge is -2.22. The van der Waals surface area contributed by atoms with E-state index in [-0.39, 0.29) is 18.5 Å². The Morgan fingerprint density at radius 3 is 1.18 bits per heavy atom. The van der Waals surface area contributed by atoms with Crippen LogP contribution in [0.25, 0.3) is 0 Å². The second kappa shape index (κ2) is 55.9. The van der Waals surface area contributed by atoms with Gasteiger partial charge in [0.1, 0.15) is 0 Å². The lowest BCUT2D eigenvalue weighted by atomic mass is 10.0. The molecular weight excluding hydrogens is 815 g/mol. The van der Waals surface area contributed by atoms with Crippen LogP contribution in [0.5, 0.6) is 0 Å². The number of aliphatic hydroxyl groups excluding tert-OH is 2. The van der Waals surface area contributed by atoms with Gasteiger partial charge in [-0.1, -0.05) is 289 Å². The van der Waals surface area contributed by atoms with Crippen LogP contribution < -0.4 is 5.32 Å². The van der Waals surface area contributed by atoms with Crippen molar-refractivity contribution < 1.29 is 24.5 Å². The van der Waals surface area contributed by atoms with Gasteiger partial charge in [-0.3, -0.25) is 9.59 Å². The molecule has 0 aliphatic carbocycles. The van der Waals surface area contributed by atoms with Gasteiger partial charge in [0.25, 0.3) is 0 Å². The van der Waals surface area contributed by atoms with Gasteiger partial charge < -0.3 is 20.3 Å². The van der Waals surface area contributed by atoms with Crippen molar-refractivity contribution in [3.05, 3.63) is 24.3 Å². The first-order valence-electron chi connectivity index (χ1n) is 29.6. The zero-order valence-electron chi connectivity index (χ0n) is 44.4. The molecule has 0 fully saturated rings. The van der Waals surface area contributed by atoms with Gasteiger partial charge in [-0.05, 0) is 44.9 Å². The Balaban J connectivity index is 3.51. The Hall–Kier alpha value is -1.66. The van der Waals surface area contributed by atoms with Crippen LogP contribution in [0.3, 0.4) is 0 Å². The number of rotatable bonds is 55. The third kappa shape index (κ3) is 51.7. The third-order valence-corrected chi connectivity index (χ3v) is 13.8. The standard InChI is InChI=1S/C60H115NO5/c1-3-5-7-9-11-13-15-17-19-21-23-25-28-32-36-40-44-48-52-58(63)57(56-62)61-59(64)53-49-45-41-37-33-29-27-31-35-39-43-47-51-55-66-60(65)54-50-46-42-38-34-30-26-24-22-20-18-16-14-12-10-8-6-4-2/h29,33,41,45,57-58,62-63H,3-28,30-32,34-40,42-44,46-56H2,1-2H3,(H,61,64)/b33-29-,45-41-. The van der Waals surface area contributed by atoms with Crippen LogP contribution in [0.15, 0.2) is 24.3 Å². The quantitative estimate of drug-likeness (QED) is 0.0321. The van der Waals surface area contributed by atoms with Crippen molar-refractivity contribution in [2.24, 2.45) is 0 Å². The molecule has 2 unspecified atom stereocenters. The van der Waals surface area contributed by atoms with E-state index >= 15 is 0 Å². The van der Waals surface area contributed by atoms with Crippen molar-refractivity contribution >= 4 is 11.9 Å². The molecule has 0 aromatic rings. The molecule has 0 bridgehead atoms. The summed E-state index contributed by atoms with van der Waals surface area (Å²) in [6.07, 6.45) is 67.6. The highest BCUT2D eigenvalue weighted by molar-refractivity contribution is 5.76. The van der Waals surface area contributed by atoms with Gasteiger partial charge in [0.05, 0.1) is 25.4 Å². The van der Waals surface area contributed by atoms with Crippen LogP contribution in [0.1, 0.15) is 322 Å². The van der Waals surface area contributed by atoms with Gasteiger partial charge in [-0.2, -0.15) is 0 Å². The van der Waals surface area contributed by atoms with Crippen LogP contribution in [-0.2, 0) is 14.3 Å². The highest BCUT2D eigenvalue weighted by Gasteiger charge is 2.19. The van der Waals surface area contributed by atoms with E-state index in [0.29, 0.717) is 32.3 Å². The second-order valence-corrected chi connectivity index (χ2v) is 20.3. The summed E-state index contributed by atoms with van der Waals surface area (Å²) in [7, 11) is 0. The first kappa shape index (κ1) is 64.3. The number of ether oxygens (including phenoxy) is 1. The number of nitrogens with one attached hydrogen (secondary N) is 1. The highest BCUT2D eigenvalue weighted by Crippen LogP contribution is 2.17. The van der Waals surface area contributed by atoms with Crippen molar-refractivity contribution in [2.75, 3.05) is 13.2 Å². The van der Waals surface area contributed by atoms with E-state index in [1.807, 2.05) is 6.08 Å². The maximum atomic E-state index is 12.4. The summed E-state index contributed by atoms with van der Waals surface area (Å²) in [6.45, 7) is 4.91. The predicted molar refractivity (Wildman–Crippen MR) is 287 cm³/mol. The van der Waals surface area contributed by atoms with Crippen LogP contribution >= 0.6 is 0 Å². The largest absolute Gasteiger partial charge is 0.466 e. The monoisotopic (exact) mass is 930 g/mol. The molecule has 0 heterocycles. The molecule has 6 nitrogen and oxygen atoms in total. The number of esters is 1. The molecule has 390 valence electrons. The zero-order chi connectivity index (χ0) is 47.9. The molecule has 2 atom stereocenters. The fourth-order valence-electron chi connectivity index (χ4n) is 9.22. The van der Waals surface area contributed by atoms with Gasteiger partial charge in [0.15, 0.2) is 0 Å². The average molecular weight is 931 g/mol. The van der Waals surface area contributed by atoms with Gasteiger partial charge in [0.2, 0.25) is 5.91 Å². The van der Waals surface area contributed by atoms with Crippen LogP contribution in [0.4, 0.5) is 0 Å². The van der Waals surface area contributed by atoms with Gasteiger partial charge in [-0.15, -0.1) is 0 Å². The molecule has 0 saturated carbocycles. The number of allylic oxidation sites excluding steroid dienone is 4. The Bertz CT molecular complexity index is 1030. The van der Waals surface area contributed by atoms with Crippen molar-refractivity contribution in [2.45, 2.75) is 334 Å². The lowest BCUT2D eigenvalue weighted by molar-refractivity contribution is -0.143. The molecule has 1 amide bonds. The normalized spacial score (nSPS) is 12.7. The highest BCUT2D eigenvalue weighted by atomic mass is 16.5. The SMILES string of the molecule is CCCCCCCCCCCCCCCCCCCCC(=O)OCCCCCCCC/C=C\C/C=C\CCC(=O)NC(CO)C(O)CCCCCCCCCCCCCCCCCCCC. The summed E-state index contributed by atoms with van der Waals surface area (Å²) < 4.78 is 5.48. The van der Waals surface area contributed by atoms with Crippen LogP contribution in [0, 0.1) is 0 Å². The molecule has 0 saturated heterocycles. The lowest BCUT2D eigenvalue weighted by Crippen LogP contribution is -2.45. The molecule has 6 heteroatoms. The minimum atomic E-state index is -0.699. The Morgan fingerprint density at radius 1 is 0.424 bits per heavy atom. The van der Waals surface area contributed by atoms with Crippen molar-refractivity contribution in [3.63, 3.8) is 0 Å². The predicted octanol–water partition coefficient (Wildman–Crippen LogP) is 18.2. The van der Waals surface area contributed by atoms with E-state index < -0.39 is 12.1 Å². The number of hydrogen-bond donors (Lipinski definition) is 3. The molecule has 0 aliphatic rings. The van der Waals surface area contributed by atoms with Crippen molar-refractivity contribution in [3.8, 4) is 0 Å². The summed E-state index contributed by atoms with van der Waals surface area (Å²) in [5.74, 6) is -0.125. The van der Waals surface area contributed by atoms with Crippen molar-refractivity contribution in [1.29, 1.82) is 0 Å². The fourth-order valence-corrected chi connectivity index (χ4v) is 9.22. The number of aliphatic hydroxyl groups is 2. The molecule has 0 aromatic carbocycles.